The molecule has 0 heterocycles. The highest BCUT2D eigenvalue weighted by Crippen LogP contribution is 2.33. The van der Waals surface area contributed by atoms with Gasteiger partial charge in [-0.1, -0.05) is 67.0 Å². The predicted octanol–water partition coefficient (Wildman–Crippen LogP) is 4.42. The van der Waals surface area contributed by atoms with Crippen LogP contribution in [0.5, 0.6) is 5.75 Å². The van der Waals surface area contributed by atoms with Crippen LogP contribution in [0, 0.1) is 0 Å². The van der Waals surface area contributed by atoms with E-state index in [4.69, 9.17) is 9.47 Å². The Balaban J connectivity index is 2.06. The minimum atomic E-state index is -0.763. The molecule has 0 bridgehead atoms. The monoisotopic (exact) mass is 461 g/mol. The van der Waals surface area contributed by atoms with Gasteiger partial charge in [0.2, 0.25) is 0 Å². The normalized spacial score (nSPS) is 12.2. The molecule has 6 heteroatoms. The zero-order valence-corrected chi connectivity index (χ0v) is 18.9. The summed E-state index contributed by atoms with van der Waals surface area (Å²) in [6.45, 7) is 8.05. The minimum absolute atomic E-state index is 0.142. The van der Waals surface area contributed by atoms with Crippen molar-refractivity contribution in [2.75, 3.05) is 13.2 Å². The van der Waals surface area contributed by atoms with Gasteiger partial charge in [-0.15, -0.1) is 0 Å². The SMILES string of the molecule is CCOC(=O)C(Cc1ccccc1)NC(=O)COc1ccc(Br)cc1C(C)(C)C. The van der Waals surface area contributed by atoms with E-state index in [9.17, 15) is 9.59 Å². The predicted molar refractivity (Wildman–Crippen MR) is 117 cm³/mol. The number of halogens is 1. The molecular formula is C23H28BrNO4. The second-order valence-corrected chi connectivity index (χ2v) is 8.66. The summed E-state index contributed by atoms with van der Waals surface area (Å²) in [4.78, 5) is 24.8. The first kappa shape index (κ1) is 22.9. The molecule has 0 spiro atoms. The smallest absolute Gasteiger partial charge is 0.328 e. The lowest BCUT2D eigenvalue weighted by atomic mass is 9.86. The van der Waals surface area contributed by atoms with Gasteiger partial charge in [-0.3, -0.25) is 4.79 Å². The Hall–Kier alpha value is -2.34. The molecule has 29 heavy (non-hydrogen) atoms. The first-order valence-corrected chi connectivity index (χ1v) is 10.4. The van der Waals surface area contributed by atoms with Crippen LogP contribution in [0.25, 0.3) is 0 Å². The van der Waals surface area contributed by atoms with Gasteiger partial charge in [-0.25, -0.2) is 4.79 Å². The molecule has 1 amide bonds. The second kappa shape index (κ2) is 10.4. The highest BCUT2D eigenvalue weighted by Gasteiger charge is 2.24. The summed E-state index contributed by atoms with van der Waals surface area (Å²) >= 11 is 3.48. The zero-order chi connectivity index (χ0) is 21.4. The summed E-state index contributed by atoms with van der Waals surface area (Å²) in [5.74, 6) is -0.183. The van der Waals surface area contributed by atoms with E-state index in [0.29, 0.717) is 12.2 Å². The molecule has 0 saturated heterocycles. The maximum atomic E-state index is 12.5. The van der Waals surface area contributed by atoms with Gasteiger partial charge in [0, 0.05) is 16.5 Å². The minimum Gasteiger partial charge on any atom is -0.483 e. The molecular weight excluding hydrogens is 434 g/mol. The molecule has 0 saturated carbocycles. The Kier molecular flexibility index (Phi) is 8.26. The summed E-state index contributed by atoms with van der Waals surface area (Å²) < 4.78 is 11.9. The van der Waals surface area contributed by atoms with Crippen LogP contribution in [0.3, 0.4) is 0 Å². The third-order valence-electron chi connectivity index (χ3n) is 4.30. The molecule has 1 atom stereocenters. The standard InChI is InChI=1S/C23H28BrNO4/c1-5-28-22(27)19(13-16-9-7-6-8-10-16)25-21(26)15-29-20-12-11-17(24)14-18(20)23(2,3)4/h6-12,14,19H,5,13,15H2,1-4H3,(H,25,26). The molecule has 5 nitrogen and oxygen atoms in total. The molecule has 0 radical (unpaired) electrons. The molecule has 0 aliphatic carbocycles. The number of rotatable bonds is 8. The largest absolute Gasteiger partial charge is 0.483 e. The fourth-order valence-electron chi connectivity index (χ4n) is 2.88. The highest BCUT2D eigenvalue weighted by atomic mass is 79.9. The number of hydrogen-bond donors (Lipinski definition) is 1. The van der Waals surface area contributed by atoms with Gasteiger partial charge in [-0.05, 0) is 36.1 Å². The van der Waals surface area contributed by atoms with Crippen LogP contribution in [0.4, 0.5) is 0 Å². The van der Waals surface area contributed by atoms with Crippen LogP contribution in [-0.2, 0) is 26.2 Å². The summed E-state index contributed by atoms with van der Waals surface area (Å²) in [7, 11) is 0. The summed E-state index contributed by atoms with van der Waals surface area (Å²) in [6.07, 6.45) is 0.358. The van der Waals surface area contributed by atoms with Gasteiger partial charge >= 0.3 is 5.97 Å². The lowest BCUT2D eigenvalue weighted by molar-refractivity contribution is -0.147. The van der Waals surface area contributed by atoms with Gasteiger partial charge in [0.15, 0.2) is 6.61 Å². The van der Waals surface area contributed by atoms with Crippen molar-refractivity contribution in [3.63, 3.8) is 0 Å². The summed E-state index contributed by atoms with van der Waals surface area (Å²) in [5.41, 5.74) is 1.79. The Bertz CT molecular complexity index is 831. The van der Waals surface area contributed by atoms with Gasteiger partial charge < -0.3 is 14.8 Å². The maximum absolute atomic E-state index is 12.5. The van der Waals surface area contributed by atoms with E-state index in [0.717, 1.165) is 15.6 Å². The molecule has 1 N–H and O–H groups in total. The summed E-state index contributed by atoms with van der Waals surface area (Å²) in [6, 6.07) is 14.4. The molecule has 2 aromatic rings. The highest BCUT2D eigenvalue weighted by molar-refractivity contribution is 9.10. The maximum Gasteiger partial charge on any atom is 0.328 e. The van der Waals surface area contributed by atoms with Crippen molar-refractivity contribution >= 4 is 27.8 Å². The van der Waals surface area contributed by atoms with Crippen LogP contribution in [0.15, 0.2) is 53.0 Å². The van der Waals surface area contributed by atoms with E-state index < -0.39 is 12.0 Å². The van der Waals surface area contributed by atoms with Crippen molar-refractivity contribution in [3.8, 4) is 5.75 Å². The molecule has 0 aliphatic heterocycles. The van der Waals surface area contributed by atoms with E-state index in [-0.39, 0.29) is 24.5 Å². The van der Waals surface area contributed by atoms with Crippen LogP contribution in [-0.4, -0.2) is 31.1 Å². The molecule has 0 fully saturated rings. The van der Waals surface area contributed by atoms with Gasteiger partial charge in [-0.2, -0.15) is 0 Å². The van der Waals surface area contributed by atoms with Crippen LogP contribution < -0.4 is 10.1 Å². The van der Waals surface area contributed by atoms with Crippen molar-refractivity contribution < 1.29 is 19.1 Å². The third-order valence-corrected chi connectivity index (χ3v) is 4.79. The number of benzene rings is 2. The average Bonchev–Trinajstić information content (AvgIpc) is 2.66. The number of amides is 1. The second-order valence-electron chi connectivity index (χ2n) is 7.74. The van der Waals surface area contributed by atoms with Gasteiger partial charge in [0.1, 0.15) is 11.8 Å². The number of carbonyl (C=O) groups is 2. The van der Waals surface area contributed by atoms with Crippen molar-refractivity contribution in [2.45, 2.75) is 45.6 Å². The lowest BCUT2D eigenvalue weighted by Crippen LogP contribution is -2.45. The van der Waals surface area contributed by atoms with Crippen LogP contribution in [0.2, 0.25) is 0 Å². The van der Waals surface area contributed by atoms with Gasteiger partial charge in [0.05, 0.1) is 6.61 Å². The molecule has 1 unspecified atom stereocenters. The van der Waals surface area contributed by atoms with Crippen LogP contribution >= 0.6 is 15.9 Å². The van der Waals surface area contributed by atoms with E-state index >= 15 is 0 Å². The molecule has 2 aromatic carbocycles. The Morgan fingerprint density at radius 1 is 1.10 bits per heavy atom. The third kappa shape index (κ3) is 7.20. The first-order valence-electron chi connectivity index (χ1n) is 9.63. The Morgan fingerprint density at radius 3 is 2.41 bits per heavy atom. The lowest BCUT2D eigenvalue weighted by Gasteiger charge is -2.23. The number of hydrogen-bond acceptors (Lipinski definition) is 4. The fraction of sp³-hybridized carbons (Fsp3) is 0.391. The number of ether oxygens (including phenoxy) is 2. The van der Waals surface area contributed by atoms with Gasteiger partial charge in [0.25, 0.3) is 5.91 Å². The summed E-state index contributed by atoms with van der Waals surface area (Å²) in [5, 5.41) is 2.74. The van der Waals surface area contributed by atoms with Crippen molar-refractivity contribution in [2.24, 2.45) is 0 Å². The quantitative estimate of drug-likeness (QED) is 0.591. The Morgan fingerprint density at radius 2 is 1.79 bits per heavy atom. The number of carbonyl (C=O) groups excluding carboxylic acids is 2. The van der Waals surface area contributed by atoms with E-state index in [1.165, 1.54) is 0 Å². The molecule has 2 rings (SSSR count). The van der Waals surface area contributed by atoms with Crippen molar-refractivity contribution in [1.29, 1.82) is 0 Å². The van der Waals surface area contributed by atoms with E-state index in [2.05, 4.69) is 42.0 Å². The fourth-order valence-corrected chi connectivity index (χ4v) is 3.24. The van der Waals surface area contributed by atoms with Crippen molar-refractivity contribution in [1.82, 2.24) is 5.32 Å². The molecule has 0 aromatic heterocycles. The van der Waals surface area contributed by atoms with E-state index in [1.54, 1.807) is 6.92 Å². The van der Waals surface area contributed by atoms with E-state index in [1.807, 2.05) is 48.5 Å². The number of esters is 1. The zero-order valence-electron chi connectivity index (χ0n) is 17.3. The topological polar surface area (TPSA) is 64.6 Å². The number of nitrogens with one attached hydrogen (secondary N) is 1. The van der Waals surface area contributed by atoms with Crippen LogP contribution in [0.1, 0.15) is 38.8 Å². The Labute approximate surface area is 180 Å². The molecule has 156 valence electrons. The first-order chi connectivity index (χ1) is 13.7. The molecule has 0 aliphatic rings. The average molecular weight is 462 g/mol. The van der Waals surface area contributed by atoms with Crippen molar-refractivity contribution in [3.05, 3.63) is 64.1 Å².